The first kappa shape index (κ1) is 12.9. The van der Waals surface area contributed by atoms with Crippen LogP contribution >= 0.6 is 0 Å². The number of rotatable bonds is 5. The number of morpholine rings is 1. The Morgan fingerprint density at radius 1 is 1.47 bits per heavy atom. The molecule has 0 amide bonds. The fourth-order valence-corrected chi connectivity index (χ4v) is 2.36. The van der Waals surface area contributed by atoms with Crippen LogP contribution in [0.4, 0.5) is 0 Å². The van der Waals surface area contributed by atoms with Crippen molar-refractivity contribution in [2.45, 2.75) is 33.2 Å². The van der Waals surface area contributed by atoms with Gasteiger partial charge in [-0.3, -0.25) is 4.90 Å². The zero-order valence-electron chi connectivity index (χ0n) is 10.7. The standard InChI is InChI=1S/C12H26N2O/c1-5-11-8-15-7-6-14(11)10-12(2,3)9-13-4/h11,13H,5-10H2,1-4H3. The van der Waals surface area contributed by atoms with Crippen LogP contribution in [0.25, 0.3) is 0 Å². The predicted molar refractivity (Wildman–Crippen MR) is 64.2 cm³/mol. The van der Waals surface area contributed by atoms with Crippen LogP contribution in [0.1, 0.15) is 27.2 Å². The van der Waals surface area contributed by atoms with Gasteiger partial charge in [0.05, 0.1) is 13.2 Å². The Labute approximate surface area is 94.2 Å². The average Bonchev–Trinajstić information content (AvgIpc) is 2.17. The van der Waals surface area contributed by atoms with Crippen molar-refractivity contribution in [1.82, 2.24) is 10.2 Å². The second-order valence-corrected chi connectivity index (χ2v) is 5.30. The average molecular weight is 214 g/mol. The Hall–Kier alpha value is -0.120. The van der Waals surface area contributed by atoms with E-state index in [-0.39, 0.29) is 0 Å². The molecule has 1 rings (SSSR count). The third-order valence-electron chi connectivity index (χ3n) is 3.11. The second-order valence-electron chi connectivity index (χ2n) is 5.30. The molecule has 0 spiro atoms. The minimum atomic E-state index is 0.347. The van der Waals surface area contributed by atoms with Gasteiger partial charge in [-0.05, 0) is 18.9 Å². The molecule has 3 heteroatoms. The van der Waals surface area contributed by atoms with Crippen molar-refractivity contribution in [2.24, 2.45) is 5.41 Å². The minimum Gasteiger partial charge on any atom is -0.378 e. The lowest BCUT2D eigenvalue weighted by atomic mass is 9.91. The van der Waals surface area contributed by atoms with Gasteiger partial charge in [0.2, 0.25) is 0 Å². The van der Waals surface area contributed by atoms with Crippen LogP contribution in [-0.2, 0) is 4.74 Å². The molecule has 1 saturated heterocycles. The highest BCUT2D eigenvalue weighted by atomic mass is 16.5. The molecule has 0 aromatic heterocycles. The number of nitrogens with zero attached hydrogens (tertiary/aromatic N) is 1. The summed E-state index contributed by atoms with van der Waals surface area (Å²) < 4.78 is 5.52. The Balaban J connectivity index is 2.46. The van der Waals surface area contributed by atoms with E-state index in [9.17, 15) is 0 Å². The van der Waals surface area contributed by atoms with E-state index in [1.54, 1.807) is 0 Å². The van der Waals surface area contributed by atoms with E-state index in [4.69, 9.17) is 4.74 Å². The molecular formula is C12H26N2O. The molecule has 0 aromatic rings. The largest absolute Gasteiger partial charge is 0.378 e. The number of ether oxygens (including phenoxy) is 1. The van der Waals surface area contributed by atoms with E-state index in [1.165, 1.54) is 6.42 Å². The molecule has 1 unspecified atom stereocenters. The third-order valence-corrected chi connectivity index (χ3v) is 3.11. The molecule has 1 fully saturated rings. The summed E-state index contributed by atoms with van der Waals surface area (Å²) in [5, 5.41) is 3.27. The van der Waals surface area contributed by atoms with Gasteiger partial charge in [0.25, 0.3) is 0 Å². The highest BCUT2D eigenvalue weighted by Crippen LogP contribution is 2.20. The van der Waals surface area contributed by atoms with E-state index in [2.05, 4.69) is 31.0 Å². The van der Waals surface area contributed by atoms with Crippen LogP contribution in [0.3, 0.4) is 0 Å². The van der Waals surface area contributed by atoms with Crippen molar-refractivity contribution in [1.29, 1.82) is 0 Å². The minimum absolute atomic E-state index is 0.347. The van der Waals surface area contributed by atoms with Gasteiger partial charge >= 0.3 is 0 Å². The molecule has 15 heavy (non-hydrogen) atoms. The first-order valence-corrected chi connectivity index (χ1v) is 6.05. The highest BCUT2D eigenvalue weighted by Gasteiger charge is 2.27. The summed E-state index contributed by atoms with van der Waals surface area (Å²) in [5.41, 5.74) is 0.347. The molecule has 0 aliphatic carbocycles. The lowest BCUT2D eigenvalue weighted by molar-refractivity contribution is -0.0234. The van der Waals surface area contributed by atoms with Crippen LogP contribution in [-0.4, -0.2) is 50.8 Å². The first-order chi connectivity index (χ1) is 7.09. The summed E-state index contributed by atoms with van der Waals surface area (Å²) in [6, 6.07) is 0.620. The van der Waals surface area contributed by atoms with Crippen molar-refractivity contribution in [2.75, 3.05) is 39.9 Å². The quantitative estimate of drug-likeness (QED) is 0.747. The van der Waals surface area contributed by atoms with Gasteiger partial charge in [-0.15, -0.1) is 0 Å². The van der Waals surface area contributed by atoms with Gasteiger partial charge in [-0.2, -0.15) is 0 Å². The molecule has 0 radical (unpaired) electrons. The molecule has 0 aromatic carbocycles. The van der Waals surface area contributed by atoms with Crippen LogP contribution in [0.5, 0.6) is 0 Å². The van der Waals surface area contributed by atoms with Crippen molar-refractivity contribution in [3.63, 3.8) is 0 Å². The fourth-order valence-electron chi connectivity index (χ4n) is 2.36. The molecule has 1 aliphatic heterocycles. The SMILES string of the molecule is CCC1COCCN1CC(C)(C)CNC. The topological polar surface area (TPSA) is 24.5 Å². The number of hydrogen-bond donors (Lipinski definition) is 1. The molecule has 0 bridgehead atoms. The predicted octanol–water partition coefficient (Wildman–Crippen LogP) is 1.34. The maximum absolute atomic E-state index is 5.52. The van der Waals surface area contributed by atoms with Gasteiger partial charge in [0.15, 0.2) is 0 Å². The molecular weight excluding hydrogens is 188 g/mol. The van der Waals surface area contributed by atoms with Crippen LogP contribution in [0.15, 0.2) is 0 Å². The molecule has 3 nitrogen and oxygen atoms in total. The number of nitrogens with one attached hydrogen (secondary N) is 1. The summed E-state index contributed by atoms with van der Waals surface area (Å²) in [4.78, 5) is 2.58. The Kier molecular flexibility index (Phi) is 5.03. The molecule has 1 aliphatic rings. The number of hydrogen-bond acceptors (Lipinski definition) is 3. The van der Waals surface area contributed by atoms with Gasteiger partial charge in [0, 0.05) is 25.7 Å². The second kappa shape index (κ2) is 5.83. The van der Waals surface area contributed by atoms with Gasteiger partial charge in [0.1, 0.15) is 0 Å². The lowest BCUT2D eigenvalue weighted by Gasteiger charge is -2.40. The monoisotopic (exact) mass is 214 g/mol. The summed E-state index contributed by atoms with van der Waals surface area (Å²) >= 11 is 0. The van der Waals surface area contributed by atoms with Crippen LogP contribution in [0.2, 0.25) is 0 Å². The van der Waals surface area contributed by atoms with E-state index < -0.39 is 0 Å². The zero-order valence-corrected chi connectivity index (χ0v) is 10.7. The van der Waals surface area contributed by atoms with Gasteiger partial charge in [-0.1, -0.05) is 20.8 Å². The summed E-state index contributed by atoms with van der Waals surface area (Å²) in [5.74, 6) is 0. The summed E-state index contributed by atoms with van der Waals surface area (Å²) in [6.07, 6.45) is 1.19. The van der Waals surface area contributed by atoms with Gasteiger partial charge in [-0.25, -0.2) is 0 Å². The van der Waals surface area contributed by atoms with Crippen LogP contribution in [0, 0.1) is 5.41 Å². The van der Waals surface area contributed by atoms with Crippen molar-refractivity contribution in [3.05, 3.63) is 0 Å². The summed E-state index contributed by atoms with van der Waals surface area (Å²) in [6.45, 7) is 12.0. The van der Waals surface area contributed by atoms with Crippen molar-refractivity contribution >= 4 is 0 Å². The summed E-state index contributed by atoms with van der Waals surface area (Å²) in [7, 11) is 2.03. The Morgan fingerprint density at radius 3 is 2.80 bits per heavy atom. The smallest absolute Gasteiger partial charge is 0.0622 e. The van der Waals surface area contributed by atoms with Gasteiger partial charge < -0.3 is 10.1 Å². The lowest BCUT2D eigenvalue weighted by Crippen LogP contribution is -2.50. The van der Waals surface area contributed by atoms with E-state index in [0.717, 1.165) is 32.8 Å². The maximum atomic E-state index is 5.52. The Bertz CT molecular complexity index is 182. The first-order valence-electron chi connectivity index (χ1n) is 6.05. The Morgan fingerprint density at radius 2 is 2.20 bits per heavy atom. The molecule has 1 atom stereocenters. The normalized spacial score (nSPS) is 24.4. The van der Waals surface area contributed by atoms with Crippen molar-refractivity contribution < 1.29 is 4.74 Å². The molecule has 1 heterocycles. The fraction of sp³-hybridized carbons (Fsp3) is 1.00. The van der Waals surface area contributed by atoms with E-state index in [1.807, 2.05) is 7.05 Å². The third kappa shape index (κ3) is 4.09. The van der Waals surface area contributed by atoms with E-state index >= 15 is 0 Å². The van der Waals surface area contributed by atoms with Crippen LogP contribution < -0.4 is 5.32 Å². The molecule has 0 saturated carbocycles. The highest BCUT2D eigenvalue weighted by molar-refractivity contribution is 4.81. The zero-order chi connectivity index (χ0) is 11.3. The molecule has 1 N–H and O–H groups in total. The van der Waals surface area contributed by atoms with Crippen molar-refractivity contribution in [3.8, 4) is 0 Å². The van der Waals surface area contributed by atoms with E-state index in [0.29, 0.717) is 11.5 Å². The molecule has 90 valence electrons. The maximum Gasteiger partial charge on any atom is 0.0622 e.